The largest absolute Gasteiger partial charge is 0.506 e. The molecule has 0 atom stereocenters. The fraction of sp³-hybridized carbons (Fsp3) is 0.222. The number of rotatable bonds is 4. The zero-order valence-electron chi connectivity index (χ0n) is 7.84. The first-order valence-corrected chi connectivity index (χ1v) is 4.21. The van der Waals surface area contributed by atoms with E-state index in [1.807, 2.05) is 0 Å². The lowest BCUT2D eigenvalue weighted by Crippen LogP contribution is -2.28. The predicted octanol–water partition coefficient (Wildman–Crippen LogP) is 0.392. The minimum atomic E-state index is -1.47. The Hall–Kier alpha value is -2.11. The first kappa shape index (κ1) is 11.0. The fourth-order valence-corrected chi connectivity index (χ4v) is 0.870. The van der Waals surface area contributed by atoms with Gasteiger partial charge in [0.25, 0.3) is 5.91 Å². The zero-order chi connectivity index (χ0) is 11.1. The van der Waals surface area contributed by atoms with Gasteiger partial charge in [-0.2, -0.15) is 0 Å². The standard InChI is InChI=1S/C9H10N2O4/c12-8(6-15-9(13)14)11-5-7-3-1-2-4-10-7/h1-4H,5-6H2,(H,11,12)(H,13,14). The molecule has 0 aliphatic heterocycles. The molecule has 0 aliphatic rings. The van der Waals surface area contributed by atoms with Gasteiger partial charge in [0.15, 0.2) is 6.61 Å². The molecule has 6 nitrogen and oxygen atoms in total. The van der Waals surface area contributed by atoms with E-state index < -0.39 is 18.7 Å². The Morgan fingerprint density at radius 2 is 2.27 bits per heavy atom. The predicted molar refractivity (Wildman–Crippen MR) is 50.1 cm³/mol. The van der Waals surface area contributed by atoms with Crippen molar-refractivity contribution in [2.75, 3.05) is 6.61 Å². The number of carboxylic acid groups (broad SMARTS) is 1. The van der Waals surface area contributed by atoms with Crippen molar-refractivity contribution in [2.24, 2.45) is 0 Å². The molecule has 0 spiro atoms. The summed E-state index contributed by atoms with van der Waals surface area (Å²) in [5.74, 6) is -0.497. The Balaban J connectivity index is 2.26. The second-order valence-corrected chi connectivity index (χ2v) is 2.65. The number of amides is 1. The lowest BCUT2D eigenvalue weighted by molar-refractivity contribution is -0.124. The molecule has 0 aromatic carbocycles. The van der Waals surface area contributed by atoms with Gasteiger partial charge in [-0.3, -0.25) is 9.78 Å². The van der Waals surface area contributed by atoms with Gasteiger partial charge in [0.05, 0.1) is 12.2 Å². The van der Waals surface area contributed by atoms with Crippen LogP contribution in [0.15, 0.2) is 24.4 Å². The first-order valence-electron chi connectivity index (χ1n) is 4.21. The minimum absolute atomic E-state index is 0.253. The number of nitrogens with zero attached hydrogens (tertiary/aromatic N) is 1. The topological polar surface area (TPSA) is 88.5 Å². The van der Waals surface area contributed by atoms with Crippen molar-refractivity contribution in [3.63, 3.8) is 0 Å². The summed E-state index contributed by atoms with van der Waals surface area (Å²) in [6, 6.07) is 5.30. The summed E-state index contributed by atoms with van der Waals surface area (Å²) in [6.45, 7) is -0.245. The van der Waals surface area contributed by atoms with Crippen LogP contribution in [0, 0.1) is 0 Å². The third-order valence-corrected chi connectivity index (χ3v) is 1.52. The number of aromatic nitrogens is 1. The Kier molecular flexibility index (Phi) is 4.08. The highest BCUT2D eigenvalue weighted by atomic mass is 16.7. The van der Waals surface area contributed by atoms with Crippen LogP contribution in [0.2, 0.25) is 0 Å². The van der Waals surface area contributed by atoms with Crippen LogP contribution in [0.1, 0.15) is 5.69 Å². The molecule has 0 saturated heterocycles. The maximum atomic E-state index is 11.0. The van der Waals surface area contributed by atoms with Gasteiger partial charge >= 0.3 is 6.16 Å². The van der Waals surface area contributed by atoms with Gasteiger partial charge in [-0.15, -0.1) is 0 Å². The quantitative estimate of drug-likeness (QED) is 0.702. The zero-order valence-corrected chi connectivity index (χ0v) is 7.84. The summed E-state index contributed by atoms with van der Waals surface area (Å²) in [6.07, 6.45) is 0.137. The van der Waals surface area contributed by atoms with Crippen LogP contribution in [0.5, 0.6) is 0 Å². The van der Waals surface area contributed by atoms with Crippen molar-refractivity contribution in [1.29, 1.82) is 0 Å². The molecule has 0 bridgehead atoms. The van der Waals surface area contributed by atoms with Crippen LogP contribution in [0.25, 0.3) is 0 Å². The molecule has 1 amide bonds. The maximum absolute atomic E-state index is 11.0. The molecule has 0 aliphatic carbocycles. The van der Waals surface area contributed by atoms with Crippen molar-refractivity contribution >= 4 is 12.1 Å². The van der Waals surface area contributed by atoms with E-state index in [9.17, 15) is 9.59 Å². The molecular weight excluding hydrogens is 200 g/mol. The summed E-state index contributed by atoms with van der Waals surface area (Å²) in [4.78, 5) is 24.9. The summed E-state index contributed by atoms with van der Waals surface area (Å²) in [5, 5.41) is 10.6. The van der Waals surface area contributed by atoms with Gasteiger partial charge in [0.2, 0.25) is 0 Å². The molecule has 0 unspecified atom stereocenters. The molecule has 15 heavy (non-hydrogen) atoms. The average molecular weight is 210 g/mol. The minimum Gasteiger partial charge on any atom is -0.450 e. The molecule has 1 aromatic rings. The average Bonchev–Trinajstić information content (AvgIpc) is 2.25. The van der Waals surface area contributed by atoms with Gasteiger partial charge in [-0.1, -0.05) is 6.07 Å². The Morgan fingerprint density at radius 1 is 1.47 bits per heavy atom. The molecule has 0 radical (unpaired) electrons. The van der Waals surface area contributed by atoms with Gasteiger partial charge in [-0.05, 0) is 12.1 Å². The molecule has 1 rings (SSSR count). The molecule has 1 heterocycles. The third kappa shape index (κ3) is 4.61. The summed E-state index contributed by atoms with van der Waals surface area (Å²) >= 11 is 0. The van der Waals surface area contributed by atoms with Gasteiger partial charge < -0.3 is 15.2 Å². The van der Waals surface area contributed by atoms with Crippen molar-refractivity contribution in [3.8, 4) is 0 Å². The Labute approximate surface area is 85.9 Å². The van der Waals surface area contributed by atoms with E-state index in [4.69, 9.17) is 5.11 Å². The summed E-state index contributed by atoms with van der Waals surface area (Å²) in [7, 11) is 0. The number of carbonyl (C=O) groups is 2. The lowest BCUT2D eigenvalue weighted by Gasteiger charge is -2.03. The number of ether oxygens (including phenoxy) is 1. The molecule has 1 aromatic heterocycles. The van der Waals surface area contributed by atoms with Crippen LogP contribution < -0.4 is 5.32 Å². The third-order valence-electron chi connectivity index (χ3n) is 1.52. The first-order chi connectivity index (χ1) is 7.18. The van der Waals surface area contributed by atoms with Crippen LogP contribution in [0.3, 0.4) is 0 Å². The Bertz CT molecular complexity index is 339. The smallest absolute Gasteiger partial charge is 0.450 e. The highest BCUT2D eigenvalue weighted by Gasteiger charge is 2.04. The molecule has 6 heteroatoms. The molecule has 0 saturated carbocycles. The number of nitrogens with one attached hydrogen (secondary N) is 1. The normalized spacial score (nSPS) is 9.33. The summed E-state index contributed by atoms with van der Waals surface area (Å²) < 4.78 is 4.08. The van der Waals surface area contributed by atoms with E-state index in [-0.39, 0.29) is 6.54 Å². The van der Waals surface area contributed by atoms with Gasteiger partial charge in [-0.25, -0.2) is 4.79 Å². The van der Waals surface area contributed by atoms with Crippen molar-refractivity contribution < 1.29 is 19.4 Å². The van der Waals surface area contributed by atoms with Crippen molar-refractivity contribution in [1.82, 2.24) is 10.3 Å². The van der Waals surface area contributed by atoms with E-state index in [0.717, 1.165) is 0 Å². The number of hydrogen-bond acceptors (Lipinski definition) is 4. The lowest BCUT2D eigenvalue weighted by atomic mass is 10.3. The van der Waals surface area contributed by atoms with Gasteiger partial charge in [0, 0.05) is 6.20 Å². The molecular formula is C9H10N2O4. The highest BCUT2D eigenvalue weighted by molar-refractivity contribution is 5.78. The second-order valence-electron chi connectivity index (χ2n) is 2.65. The number of carbonyl (C=O) groups excluding carboxylic acids is 1. The van der Waals surface area contributed by atoms with E-state index in [1.54, 1.807) is 24.4 Å². The van der Waals surface area contributed by atoms with Crippen molar-refractivity contribution in [3.05, 3.63) is 30.1 Å². The number of hydrogen-bond donors (Lipinski definition) is 2. The monoisotopic (exact) mass is 210 g/mol. The van der Waals surface area contributed by atoms with E-state index in [0.29, 0.717) is 5.69 Å². The fourth-order valence-electron chi connectivity index (χ4n) is 0.870. The highest BCUT2D eigenvalue weighted by Crippen LogP contribution is 1.91. The summed E-state index contributed by atoms with van der Waals surface area (Å²) in [5.41, 5.74) is 0.696. The molecule has 80 valence electrons. The maximum Gasteiger partial charge on any atom is 0.506 e. The van der Waals surface area contributed by atoms with E-state index >= 15 is 0 Å². The second kappa shape index (κ2) is 5.58. The van der Waals surface area contributed by atoms with Crippen LogP contribution >= 0.6 is 0 Å². The SMILES string of the molecule is O=C(COC(=O)O)NCc1ccccn1. The van der Waals surface area contributed by atoms with Crippen molar-refractivity contribution in [2.45, 2.75) is 6.54 Å². The van der Waals surface area contributed by atoms with E-state index in [2.05, 4.69) is 15.0 Å². The van der Waals surface area contributed by atoms with Gasteiger partial charge in [0.1, 0.15) is 0 Å². The number of pyridine rings is 1. The Morgan fingerprint density at radius 3 is 2.87 bits per heavy atom. The van der Waals surface area contributed by atoms with Crippen LogP contribution in [0.4, 0.5) is 4.79 Å². The van der Waals surface area contributed by atoms with Crippen LogP contribution in [-0.2, 0) is 16.1 Å². The molecule has 2 N–H and O–H groups in total. The molecule has 0 fully saturated rings. The van der Waals surface area contributed by atoms with E-state index in [1.165, 1.54) is 0 Å². The van der Waals surface area contributed by atoms with Crippen LogP contribution in [-0.4, -0.2) is 28.8 Å².